The average molecular weight is 184 g/mol. The van der Waals surface area contributed by atoms with E-state index in [1.165, 1.54) is 6.42 Å². The summed E-state index contributed by atoms with van der Waals surface area (Å²) in [5.74, 6) is 1.87. The molecule has 0 amide bonds. The second kappa shape index (κ2) is 3.97. The van der Waals surface area contributed by atoms with Crippen LogP contribution in [0, 0.1) is 17.3 Å². The van der Waals surface area contributed by atoms with Crippen LogP contribution in [-0.2, 0) is 0 Å². The molecule has 0 bridgehead atoms. The topological polar surface area (TPSA) is 38.0 Å². The Morgan fingerprint density at radius 1 is 1.46 bits per heavy atom. The Balaban J connectivity index is 2.05. The van der Waals surface area contributed by atoms with E-state index in [9.17, 15) is 0 Å². The molecule has 1 rings (SSSR count). The molecule has 0 radical (unpaired) electrons. The molecule has 1 aliphatic rings. The number of hydrogen-bond acceptors (Lipinski definition) is 2. The predicted octanol–water partition coefficient (Wildman–Crippen LogP) is 1.61. The fraction of sp³-hybridized carbons (Fsp3) is 1.00. The van der Waals surface area contributed by atoms with Gasteiger partial charge in [-0.3, -0.25) is 0 Å². The standard InChI is InChI=1S/C11H24N2/c1-8-5-9(8)6-13-7-10(12)11(2,3)4/h8-10,13H,5-7,12H2,1-4H3. The minimum atomic E-state index is 0.224. The lowest BCUT2D eigenvalue weighted by Gasteiger charge is -2.27. The molecule has 3 N–H and O–H groups in total. The molecule has 0 aromatic carbocycles. The first-order valence-corrected chi connectivity index (χ1v) is 5.37. The zero-order chi connectivity index (χ0) is 10.1. The van der Waals surface area contributed by atoms with Crippen LogP contribution in [0.25, 0.3) is 0 Å². The maximum absolute atomic E-state index is 6.03. The van der Waals surface area contributed by atoms with E-state index >= 15 is 0 Å². The van der Waals surface area contributed by atoms with E-state index in [0.29, 0.717) is 0 Å². The Labute approximate surface area is 82.3 Å². The molecule has 0 spiro atoms. The lowest BCUT2D eigenvalue weighted by molar-refractivity contribution is 0.308. The van der Waals surface area contributed by atoms with Crippen LogP contribution in [0.4, 0.5) is 0 Å². The summed E-state index contributed by atoms with van der Waals surface area (Å²) in [5, 5.41) is 3.46. The van der Waals surface area contributed by atoms with Crippen molar-refractivity contribution in [3.05, 3.63) is 0 Å². The molecule has 3 atom stereocenters. The molecular formula is C11H24N2. The van der Waals surface area contributed by atoms with Gasteiger partial charge in [-0.15, -0.1) is 0 Å². The normalized spacial score (nSPS) is 30.2. The quantitative estimate of drug-likeness (QED) is 0.696. The lowest BCUT2D eigenvalue weighted by Crippen LogP contribution is -2.44. The Hall–Kier alpha value is -0.0800. The van der Waals surface area contributed by atoms with Crippen molar-refractivity contribution < 1.29 is 0 Å². The number of nitrogens with one attached hydrogen (secondary N) is 1. The average Bonchev–Trinajstić information content (AvgIpc) is 2.64. The Morgan fingerprint density at radius 2 is 2.00 bits per heavy atom. The number of rotatable bonds is 4. The molecular weight excluding hydrogens is 160 g/mol. The molecule has 1 fully saturated rings. The van der Waals surface area contributed by atoms with E-state index in [1.54, 1.807) is 0 Å². The van der Waals surface area contributed by atoms with Crippen molar-refractivity contribution in [2.24, 2.45) is 23.0 Å². The Morgan fingerprint density at radius 3 is 2.38 bits per heavy atom. The molecule has 0 saturated heterocycles. The third-order valence-electron chi connectivity index (χ3n) is 3.16. The molecule has 2 heteroatoms. The van der Waals surface area contributed by atoms with Crippen molar-refractivity contribution >= 4 is 0 Å². The second-order valence-corrected chi connectivity index (χ2v) is 5.60. The molecule has 0 aromatic rings. The molecule has 13 heavy (non-hydrogen) atoms. The Kier molecular flexibility index (Phi) is 3.36. The highest BCUT2D eigenvalue weighted by Gasteiger charge is 2.32. The lowest BCUT2D eigenvalue weighted by atomic mass is 9.87. The van der Waals surface area contributed by atoms with Crippen LogP contribution in [0.15, 0.2) is 0 Å². The van der Waals surface area contributed by atoms with Crippen LogP contribution in [0.1, 0.15) is 34.1 Å². The Bertz CT molecular complexity index is 160. The van der Waals surface area contributed by atoms with Crippen molar-refractivity contribution in [1.29, 1.82) is 0 Å². The number of nitrogens with two attached hydrogens (primary N) is 1. The van der Waals surface area contributed by atoms with Gasteiger partial charge in [0.15, 0.2) is 0 Å². The van der Waals surface area contributed by atoms with Crippen LogP contribution in [0.3, 0.4) is 0 Å². The van der Waals surface area contributed by atoms with E-state index in [1.807, 2.05) is 0 Å². The van der Waals surface area contributed by atoms with Gasteiger partial charge < -0.3 is 11.1 Å². The molecule has 0 aromatic heterocycles. The van der Waals surface area contributed by atoms with Gasteiger partial charge in [-0.2, -0.15) is 0 Å². The van der Waals surface area contributed by atoms with Crippen molar-refractivity contribution in [3.63, 3.8) is 0 Å². The van der Waals surface area contributed by atoms with E-state index in [2.05, 4.69) is 33.0 Å². The molecule has 1 saturated carbocycles. The van der Waals surface area contributed by atoms with Gasteiger partial charge in [0.2, 0.25) is 0 Å². The summed E-state index contributed by atoms with van der Waals surface area (Å²) < 4.78 is 0. The van der Waals surface area contributed by atoms with Crippen LogP contribution in [0.2, 0.25) is 0 Å². The second-order valence-electron chi connectivity index (χ2n) is 5.60. The number of hydrogen-bond donors (Lipinski definition) is 2. The van der Waals surface area contributed by atoms with Gasteiger partial charge in [0, 0.05) is 12.6 Å². The fourth-order valence-electron chi connectivity index (χ4n) is 1.41. The highest BCUT2D eigenvalue weighted by molar-refractivity contribution is 4.85. The molecule has 78 valence electrons. The molecule has 2 nitrogen and oxygen atoms in total. The molecule has 3 unspecified atom stereocenters. The predicted molar refractivity (Wildman–Crippen MR) is 57.6 cm³/mol. The van der Waals surface area contributed by atoms with Gasteiger partial charge >= 0.3 is 0 Å². The zero-order valence-electron chi connectivity index (χ0n) is 9.43. The summed E-state index contributed by atoms with van der Waals surface area (Å²) in [6.07, 6.45) is 1.40. The van der Waals surface area contributed by atoms with Crippen LogP contribution >= 0.6 is 0 Å². The first kappa shape index (κ1) is 11.0. The first-order valence-electron chi connectivity index (χ1n) is 5.37. The largest absolute Gasteiger partial charge is 0.326 e. The SMILES string of the molecule is CC1CC1CNCC(N)C(C)(C)C. The maximum Gasteiger partial charge on any atom is 0.0214 e. The van der Waals surface area contributed by atoms with Crippen molar-refractivity contribution in [3.8, 4) is 0 Å². The monoisotopic (exact) mass is 184 g/mol. The van der Waals surface area contributed by atoms with Crippen molar-refractivity contribution in [1.82, 2.24) is 5.32 Å². The summed E-state index contributed by atoms with van der Waals surface area (Å²) in [6.45, 7) is 11.0. The van der Waals surface area contributed by atoms with Gasteiger partial charge in [-0.1, -0.05) is 27.7 Å². The van der Waals surface area contributed by atoms with Crippen molar-refractivity contribution in [2.75, 3.05) is 13.1 Å². The smallest absolute Gasteiger partial charge is 0.0214 e. The third-order valence-corrected chi connectivity index (χ3v) is 3.16. The van der Waals surface area contributed by atoms with Gasteiger partial charge in [0.1, 0.15) is 0 Å². The van der Waals surface area contributed by atoms with Crippen LogP contribution in [-0.4, -0.2) is 19.1 Å². The van der Waals surface area contributed by atoms with Crippen molar-refractivity contribution in [2.45, 2.75) is 40.2 Å². The van der Waals surface area contributed by atoms with Crippen LogP contribution < -0.4 is 11.1 Å². The maximum atomic E-state index is 6.03. The minimum Gasteiger partial charge on any atom is -0.326 e. The van der Waals surface area contributed by atoms with Gasteiger partial charge in [0.25, 0.3) is 0 Å². The van der Waals surface area contributed by atoms with Crippen LogP contribution in [0.5, 0.6) is 0 Å². The van der Waals surface area contributed by atoms with E-state index in [0.717, 1.165) is 24.9 Å². The highest BCUT2D eigenvalue weighted by atomic mass is 14.9. The summed E-state index contributed by atoms with van der Waals surface area (Å²) in [6, 6.07) is 0.265. The summed E-state index contributed by atoms with van der Waals surface area (Å²) in [5.41, 5.74) is 6.25. The highest BCUT2D eigenvalue weighted by Crippen LogP contribution is 2.36. The fourth-order valence-corrected chi connectivity index (χ4v) is 1.41. The van der Waals surface area contributed by atoms with E-state index < -0.39 is 0 Å². The van der Waals surface area contributed by atoms with E-state index in [-0.39, 0.29) is 11.5 Å². The third kappa shape index (κ3) is 3.65. The minimum absolute atomic E-state index is 0.224. The summed E-state index contributed by atoms with van der Waals surface area (Å²) >= 11 is 0. The first-order chi connectivity index (χ1) is 5.91. The summed E-state index contributed by atoms with van der Waals surface area (Å²) in [4.78, 5) is 0. The zero-order valence-corrected chi connectivity index (χ0v) is 9.43. The van der Waals surface area contributed by atoms with E-state index in [4.69, 9.17) is 5.73 Å². The van der Waals surface area contributed by atoms with Gasteiger partial charge in [-0.25, -0.2) is 0 Å². The van der Waals surface area contributed by atoms with Gasteiger partial charge in [0.05, 0.1) is 0 Å². The molecule has 1 aliphatic carbocycles. The molecule has 0 aliphatic heterocycles. The summed E-state index contributed by atoms with van der Waals surface area (Å²) in [7, 11) is 0. The van der Waals surface area contributed by atoms with Gasteiger partial charge in [-0.05, 0) is 30.2 Å². The molecule has 0 heterocycles.